The number of aromatic nitrogens is 2. The quantitative estimate of drug-likeness (QED) is 0.731. The molecule has 4 heteroatoms. The zero-order valence-corrected chi connectivity index (χ0v) is 14.0. The molecule has 0 aliphatic heterocycles. The van der Waals surface area contributed by atoms with E-state index >= 15 is 0 Å². The van der Waals surface area contributed by atoms with Crippen molar-refractivity contribution in [3.63, 3.8) is 0 Å². The Kier molecular flexibility index (Phi) is 3.89. The number of nitrogens with one attached hydrogen (secondary N) is 1. The molecule has 24 heavy (non-hydrogen) atoms. The number of benzene rings is 1. The van der Waals surface area contributed by atoms with E-state index < -0.39 is 0 Å². The SMILES string of the molecule is Cc1ccn2c(NC3CCCCC3)c(-c3ccc(O)cc3)nc2c1. The van der Waals surface area contributed by atoms with Gasteiger partial charge in [0.2, 0.25) is 0 Å². The zero-order chi connectivity index (χ0) is 16.5. The highest BCUT2D eigenvalue weighted by molar-refractivity contribution is 5.77. The van der Waals surface area contributed by atoms with Crippen LogP contribution in [0.2, 0.25) is 0 Å². The average molecular weight is 321 g/mol. The maximum Gasteiger partial charge on any atom is 0.139 e. The van der Waals surface area contributed by atoms with E-state index in [1.807, 2.05) is 12.1 Å². The summed E-state index contributed by atoms with van der Waals surface area (Å²) >= 11 is 0. The van der Waals surface area contributed by atoms with Gasteiger partial charge in [-0.3, -0.25) is 4.40 Å². The molecule has 124 valence electrons. The molecule has 0 atom stereocenters. The summed E-state index contributed by atoms with van der Waals surface area (Å²) in [6.07, 6.45) is 8.45. The predicted octanol–water partition coefficient (Wildman–Crippen LogP) is 4.76. The van der Waals surface area contributed by atoms with Crippen molar-refractivity contribution in [2.75, 3.05) is 5.32 Å². The van der Waals surface area contributed by atoms with Gasteiger partial charge < -0.3 is 10.4 Å². The number of phenols is 1. The second kappa shape index (κ2) is 6.19. The summed E-state index contributed by atoms with van der Waals surface area (Å²) < 4.78 is 2.14. The van der Waals surface area contributed by atoms with Crippen LogP contribution < -0.4 is 5.32 Å². The second-order valence-corrected chi connectivity index (χ2v) is 6.77. The van der Waals surface area contributed by atoms with Crippen LogP contribution in [0.4, 0.5) is 5.82 Å². The van der Waals surface area contributed by atoms with Gasteiger partial charge in [-0.25, -0.2) is 4.98 Å². The minimum atomic E-state index is 0.278. The molecule has 2 N–H and O–H groups in total. The summed E-state index contributed by atoms with van der Waals surface area (Å²) in [6.45, 7) is 2.09. The normalized spacial score (nSPS) is 15.7. The molecule has 1 fully saturated rings. The fourth-order valence-corrected chi connectivity index (χ4v) is 3.55. The molecule has 1 saturated carbocycles. The Labute approximate surface area is 142 Å². The molecule has 0 radical (unpaired) electrons. The Balaban J connectivity index is 1.81. The predicted molar refractivity (Wildman–Crippen MR) is 97.5 cm³/mol. The molecule has 0 spiro atoms. The summed E-state index contributed by atoms with van der Waals surface area (Å²) in [4.78, 5) is 4.86. The Morgan fingerprint density at radius 1 is 1.08 bits per heavy atom. The molecule has 0 unspecified atom stereocenters. The van der Waals surface area contributed by atoms with Gasteiger partial charge in [-0.05, 0) is 61.7 Å². The van der Waals surface area contributed by atoms with Crippen LogP contribution in [0.1, 0.15) is 37.7 Å². The van der Waals surface area contributed by atoms with Crippen LogP contribution in [0.15, 0.2) is 42.6 Å². The molecule has 0 bridgehead atoms. The smallest absolute Gasteiger partial charge is 0.139 e. The largest absolute Gasteiger partial charge is 0.508 e. The molecule has 1 aromatic carbocycles. The average Bonchev–Trinajstić information content (AvgIpc) is 2.94. The maximum absolute atomic E-state index is 9.57. The number of anilines is 1. The molecular formula is C20H23N3O. The molecule has 1 aliphatic rings. The van der Waals surface area contributed by atoms with E-state index in [2.05, 4.69) is 35.0 Å². The van der Waals surface area contributed by atoms with E-state index in [-0.39, 0.29) is 5.75 Å². The lowest BCUT2D eigenvalue weighted by Crippen LogP contribution is -2.23. The molecule has 4 nitrogen and oxygen atoms in total. The van der Waals surface area contributed by atoms with E-state index in [9.17, 15) is 5.11 Å². The number of rotatable bonds is 3. The molecule has 1 aliphatic carbocycles. The third-order valence-corrected chi connectivity index (χ3v) is 4.87. The first kappa shape index (κ1) is 15.1. The van der Waals surface area contributed by atoms with Crippen LogP contribution in [0, 0.1) is 6.92 Å². The topological polar surface area (TPSA) is 49.6 Å². The lowest BCUT2D eigenvalue weighted by molar-refractivity contribution is 0.461. The number of phenolic OH excluding ortho intramolecular Hbond substituents is 1. The van der Waals surface area contributed by atoms with Gasteiger partial charge in [0.25, 0.3) is 0 Å². The third kappa shape index (κ3) is 2.84. The van der Waals surface area contributed by atoms with E-state index in [1.54, 1.807) is 12.1 Å². The van der Waals surface area contributed by atoms with E-state index in [0.717, 1.165) is 22.7 Å². The first-order valence-corrected chi connectivity index (χ1v) is 8.75. The monoisotopic (exact) mass is 321 g/mol. The zero-order valence-electron chi connectivity index (χ0n) is 14.0. The van der Waals surface area contributed by atoms with Crippen LogP contribution in [0.5, 0.6) is 5.75 Å². The first-order valence-electron chi connectivity index (χ1n) is 8.75. The molecule has 4 rings (SSSR count). The van der Waals surface area contributed by atoms with Gasteiger partial charge in [0.15, 0.2) is 0 Å². The van der Waals surface area contributed by atoms with Crippen LogP contribution in [-0.4, -0.2) is 20.5 Å². The fourth-order valence-electron chi connectivity index (χ4n) is 3.55. The summed E-state index contributed by atoms with van der Waals surface area (Å²) in [5.41, 5.74) is 4.13. The number of hydrogen-bond acceptors (Lipinski definition) is 3. The highest BCUT2D eigenvalue weighted by atomic mass is 16.3. The molecule has 0 amide bonds. The van der Waals surface area contributed by atoms with Crippen LogP contribution >= 0.6 is 0 Å². The number of nitrogens with zero attached hydrogens (tertiary/aromatic N) is 2. The van der Waals surface area contributed by atoms with Crippen LogP contribution in [0.25, 0.3) is 16.9 Å². The van der Waals surface area contributed by atoms with Gasteiger partial charge in [0.1, 0.15) is 22.9 Å². The van der Waals surface area contributed by atoms with Gasteiger partial charge in [-0.2, -0.15) is 0 Å². The van der Waals surface area contributed by atoms with E-state index in [4.69, 9.17) is 4.98 Å². The van der Waals surface area contributed by atoms with Gasteiger partial charge in [0, 0.05) is 17.8 Å². The van der Waals surface area contributed by atoms with Crippen molar-refractivity contribution in [3.05, 3.63) is 48.2 Å². The molecular weight excluding hydrogens is 298 g/mol. The van der Waals surface area contributed by atoms with Crippen molar-refractivity contribution < 1.29 is 5.11 Å². The Morgan fingerprint density at radius 2 is 1.83 bits per heavy atom. The van der Waals surface area contributed by atoms with Crippen molar-refractivity contribution in [2.45, 2.75) is 45.1 Å². The highest BCUT2D eigenvalue weighted by Gasteiger charge is 2.19. The number of aromatic hydroxyl groups is 1. The summed E-state index contributed by atoms with van der Waals surface area (Å²) in [7, 11) is 0. The molecule has 3 aromatic rings. The Hall–Kier alpha value is -2.49. The number of fused-ring (bicyclic) bond motifs is 1. The second-order valence-electron chi connectivity index (χ2n) is 6.77. The van der Waals surface area contributed by atoms with E-state index in [1.165, 1.54) is 37.7 Å². The van der Waals surface area contributed by atoms with E-state index in [0.29, 0.717) is 6.04 Å². The van der Waals surface area contributed by atoms with Crippen LogP contribution in [0.3, 0.4) is 0 Å². The molecule has 2 heterocycles. The number of imidazole rings is 1. The van der Waals surface area contributed by atoms with Gasteiger partial charge in [0.05, 0.1) is 0 Å². The van der Waals surface area contributed by atoms with Crippen molar-refractivity contribution >= 4 is 11.5 Å². The first-order chi connectivity index (χ1) is 11.7. The number of pyridine rings is 1. The third-order valence-electron chi connectivity index (χ3n) is 4.87. The van der Waals surface area contributed by atoms with Crippen molar-refractivity contribution in [1.29, 1.82) is 0 Å². The lowest BCUT2D eigenvalue weighted by Gasteiger charge is -2.24. The summed E-state index contributed by atoms with van der Waals surface area (Å²) in [6, 6.07) is 12.0. The molecule has 0 saturated heterocycles. The van der Waals surface area contributed by atoms with Crippen LogP contribution in [-0.2, 0) is 0 Å². The fraction of sp³-hybridized carbons (Fsp3) is 0.350. The van der Waals surface area contributed by atoms with Gasteiger partial charge in [-0.15, -0.1) is 0 Å². The summed E-state index contributed by atoms with van der Waals surface area (Å²) in [5.74, 6) is 1.34. The number of hydrogen-bond donors (Lipinski definition) is 2. The lowest BCUT2D eigenvalue weighted by atomic mass is 9.95. The minimum Gasteiger partial charge on any atom is -0.508 e. The van der Waals surface area contributed by atoms with Crippen molar-refractivity contribution in [1.82, 2.24) is 9.38 Å². The maximum atomic E-state index is 9.57. The van der Waals surface area contributed by atoms with Crippen molar-refractivity contribution in [3.8, 4) is 17.0 Å². The van der Waals surface area contributed by atoms with Gasteiger partial charge >= 0.3 is 0 Å². The Morgan fingerprint density at radius 3 is 2.58 bits per heavy atom. The van der Waals surface area contributed by atoms with Gasteiger partial charge in [-0.1, -0.05) is 19.3 Å². The standard InChI is InChI=1S/C20H23N3O/c1-14-11-12-23-18(13-14)22-19(15-7-9-17(24)10-8-15)20(23)21-16-5-3-2-4-6-16/h7-13,16,21,24H,2-6H2,1H3. The minimum absolute atomic E-state index is 0.278. The Bertz CT molecular complexity index is 845. The van der Waals surface area contributed by atoms with Crippen molar-refractivity contribution in [2.24, 2.45) is 0 Å². The number of aryl methyl sites for hydroxylation is 1. The highest BCUT2D eigenvalue weighted by Crippen LogP contribution is 2.32. The molecule has 2 aromatic heterocycles. The summed E-state index contributed by atoms with van der Waals surface area (Å²) in [5, 5.41) is 13.3.